The van der Waals surface area contributed by atoms with Crippen LogP contribution in [0, 0.1) is 0 Å². The SMILES string of the molecule is C1=CCc2c(c(-c3ccc4ccccc4c3)c3cc(-c4ccc5ccccc5c4)ccc3c2-c2ccc3ccccc3c2)C=C1. The fraction of sp³-hybridized carbons (Fsp3) is 0.0222. The second kappa shape index (κ2) is 10.5. The van der Waals surface area contributed by atoms with E-state index in [0.717, 1.165) is 6.42 Å². The normalized spacial score (nSPS) is 12.6. The topological polar surface area (TPSA) is 0 Å². The van der Waals surface area contributed by atoms with E-state index in [2.05, 4.69) is 170 Å². The molecule has 0 bridgehead atoms. The Morgan fingerprint density at radius 3 is 1.47 bits per heavy atom. The molecule has 1 aliphatic carbocycles. The molecule has 0 aliphatic heterocycles. The fourth-order valence-electron chi connectivity index (χ4n) is 7.25. The van der Waals surface area contributed by atoms with Crippen LogP contribution in [0.4, 0.5) is 0 Å². The Morgan fingerprint density at radius 1 is 0.356 bits per heavy atom. The first-order valence-corrected chi connectivity index (χ1v) is 15.7. The van der Waals surface area contributed by atoms with Crippen LogP contribution in [0.15, 0.2) is 164 Å². The summed E-state index contributed by atoms with van der Waals surface area (Å²) in [5, 5.41) is 10.2. The van der Waals surface area contributed by atoms with Crippen LogP contribution in [0.5, 0.6) is 0 Å². The molecule has 0 N–H and O–H groups in total. The Bertz CT molecular complexity index is 2510. The lowest BCUT2D eigenvalue weighted by molar-refractivity contribution is 1.28. The summed E-state index contributed by atoms with van der Waals surface area (Å²) >= 11 is 0. The number of fused-ring (bicyclic) bond motifs is 5. The van der Waals surface area contributed by atoms with Crippen molar-refractivity contribution in [3.05, 3.63) is 175 Å². The van der Waals surface area contributed by atoms with Gasteiger partial charge in [0.15, 0.2) is 0 Å². The average Bonchev–Trinajstić information content (AvgIpc) is 3.35. The molecule has 8 aromatic carbocycles. The van der Waals surface area contributed by atoms with Gasteiger partial charge in [0.1, 0.15) is 0 Å². The van der Waals surface area contributed by atoms with E-state index in [-0.39, 0.29) is 0 Å². The van der Waals surface area contributed by atoms with Crippen molar-refractivity contribution in [1.82, 2.24) is 0 Å². The monoisotopic (exact) mass is 570 g/mol. The summed E-state index contributed by atoms with van der Waals surface area (Å²) in [6, 6.07) is 53.8. The van der Waals surface area contributed by atoms with Crippen molar-refractivity contribution in [3.8, 4) is 33.4 Å². The standard InChI is InChI=1S/C45H30/c1-2-16-40-41(17-3-1)45(39-23-20-32-12-6-9-15-35(32)28-39)43-29-37(36-21-18-30-10-4-7-13-33(30)26-36)24-25-42(43)44(40)38-22-19-31-11-5-8-14-34(31)27-38/h1-15,17-29H,16H2. The molecule has 0 amide bonds. The maximum absolute atomic E-state index is 2.43. The lowest BCUT2D eigenvalue weighted by atomic mass is 9.81. The van der Waals surface area contributed by atoms with E-state index >= 15 is 0 Å². The third-order valence-electron chi connectivity index (χ3n) is 9.45. The zero-order valence-corrected chi connectivity index (χ0v) is 24.9. The maximum Gasteiger partial charge on any atom is -0.00291 e. The Balaban J connectivity index is 1.39. The van der Waals surface area contributed by atoms with Gasteiger partial charge in [-0.05, 0) is 118 Å². The van der Waals surface area contributed by atoms with Crippen LogP contribution in [0.1, 0.15) is 11.1 Å². The Kier molecular flexibility index (Phi) is 5.99. The molecule has 1 aliphatic rings. The summed E-state index contributed by atoms with van der Waals surface area (Å²) in [6.07, 6.45) is 9.91. The van der Waals surface area contributed by atoms with Gasteiger partial charge in [0.05, 0.1) is 0 Å². The number of rotatable bonds is 3. The van der Waals surface area contributed by atoms with E-state index in [1.165, 1.54) is 87.6 Å². The summed E-state index contributed by atoms with van der Waals surface area (Å²) < 4.78 is 0. The number of benzene rings is 8. The number of hydrogen-bond donors (Lipinski definition) is 0. The van der Waals surface area contributed by atoms with Crippen molar-refractivity contribution in [2.75, 3.05) is 0 Å². The average molecular weight is 571 g/mol. The van der Waals surface area contributed by atoms with Gasteiger partial charge in [0, 0.05) is 0 Å². The van der Waals surface area contributed by atoms with Crippen molar-refractivity contribution >= 4 is 49.2 Å². The van der Waals surface area contributed by atoms with Gasteiger partial charge in [-0.15, -0.1) is 0 Å². The second-order valence-corrected chi connectivity index (χ2v) is 12.1. The summed E-state index contributed by atoms with van der Waals surface area (Å²) in [5.74, 6) is 0. The van der Waals surface area contributed by atoms with Crippen LogP contribution in [-0.4, -0.2) is 0 Å². The van der Waals surface area contributed by atoms with Gasteiger partial charge < -0.3 is 0 Å². The minimum Gasteiger partial charge on any atom is -0.0801 e. The largest absolute Gasteiger partial charge is 0.0801 e. The van der Waals surface area contributed by atoms with Crippen molar-refractivity contribution in [3.63, 3.8) is 0 Å². The lowest BCUT2D eigenvalue weighted by Gasteiger charge is -2.22. The molecule has 0 fully saturated rings. The first kappa shape index (κ1) is 25.7. The van der Waals surface area contributed by atoms with Gasteiger partial charge in [-0.1, -0.05) is 146 Å². The summed E-state index contributed by atoms with van der Waals surface area (Å²) in [4.78, 5) is 0. The van der Waals surface area contributed by atoms with Gasteiger partial charge in [0.25, 0.3) is 0 Å². The first-order chi connectivity index (χ1) is 22.3. The number of hydrogen-bond acceptors (Lipinski definition) is 0. The summed E-state index contributed by atoms with van der Waals surface area (Å²) in [5.41, 5.74) is 10.3. The third-order valence-corrected chi connectivity index (χ3v) is 9.45. The molecular formula is C45H30. The van der Waals surface area contributed by atoms with Crippen LogP contribution < -0.4 is 0 Å². The highest BCUT2D eigenvalue weighted by atomic mass is 14.2. The Labute approximate surface area is 263 Å². The van der Waals surface area contributed by atoms with E-state index in [1.54, 1.807) is 0 Å². The van der Waals surface area contributed by atoms with E-state index in [0.29, 0.717) is 0 Å². The van der Waals surface area contributed by atoms with E-state index in [4.69, 9.17) is 0 Å². The van der Waals surface area contributed by atoms with Gasteiger partial charge in [-0.3, -0.25) is 0 Å². The predicted octanol–water partition coefficient (Wildman–Crippen LogP) is 12.4. The van der Waals surface area contributed by atoms with Crippen LogP contribution in [0.25, 0.3) is 82.5 Å². The zero-order valence-electron chi connectivity index (χ0n) is 24.9. The molecule has 210 valence electrons. The van der Waals surface area contributed by atoms with Crippen LogP contribution >= 0.6 is 0 Å². The number of allylic oxidation sites excluding steroid dienone is 3. The molecule has 0 radical (unpaired) electrons. The molecule has 9 rings (SSSR count). The molecule has 0 nitrogen and oxygen atoms in total. The lowest BCUT2D eigenvalue weighted by Crippen LogP contribution is -1.99. The van der Waals surface area contributed by atoms with Crippen molar-refractivity contribution in [1.29, 1.82) is 0 Å². The van der Waals surface area contributed by atoms with Crippen molar-refractivity contribution < 1.29 is 0 Å². The highest BCUT2D eigenvalue weighted by Crippen LogP contribution is 2.46. The molecule has 8 aromatic rings. The molecule has 0 spiro atoms. The molecule has 45 heavy (non-hydrogen) atoms. The van der Waals surface area contributed by atoms with Gasteiger partial charge in [0.2, 0.25) is 0 Å². The third kappa shape index (κ3) is 4.38. The van der Waals surface area contributed by atoms with Crippen LogP contribution in [0.3, 0.4) is 0 Å². The molecule has 0 heterocycles. The highest BCUT2D eigenvalue weighted by Gasteiger charge is 2.21. The minimum absolute atomic E-state index is 0.882. The molecule has 0 atom stereocenters. The van der Waals surface area contributed by atoms with Gasteiger partial charge in [-0.25, -0.2) is 0 Å². The van der Waals surface area contributed by atoms with E-state index < -0.39 is 0 Å². The predicted molar refractivity (Wildman–Crippen MR) is 195 cm³/mol. The van der Waals surface area contributed by atoms with Crippen LogP contribution in [-0.2, 0) is 6.42 Å². The van der Waals surface area contributed by atoms with E-state index in [9.17, 15) is 0 Å². The molecule has 0 heteroatoms. The molecular weight excluding hydrogens is 540 g/mol. The molecule has 0 saturated heterocycles. The second-order valence-electron chi connectivity index (χ2n) is 12.1. The Hall–Kier alpha value is -5.72. The fourth-order valence-corrected chi connectivity index (χ4v) is 7.25. The van der Waals surface area contributed by atoms with Crippen LogP contribution in [0.2, 0.25) is 0 Å². The smallest absolute Gasteiger partial charge is 0.00291 e. The zero-order chi connectivity index (χ0) is 29.7. The Morgan fingerprint density at radius 2 is 0.844 bits per heavy atom. The summed E-state index contributed by atoms with van der Waals surface area (Å²) in [6.45, 7) is 0. The van der Waals surface area contributed by atoms with E-state index in [1.807, 2.05) is 0 Å². The molecule has 0 aromatic heterocycles. The highest BCUT2D eigenvalue weighted by molar-refractivity contribution is 6.12. The van der Waals surface area contributed by atoms with Gasteiger partial charge in [-0.2, -0.15) is 0 Å². The quantitative estimate of drug-likeness (QED) is 0.198. The molecule has 0 unspecified atom stereocenters. The maximum atomic E-state index is 2.43. The van der Waals surface area contributed by atoms with Gasteiger partial charge >= 0.3 is 0 Å². The summed E-state index contributed by atoms with van der Waals surface area (Å²) in [7, 11) is 0. The minimum atomic E-state index is 0.882. The first-order valence-electron chi connectivity index (χ1n) is 15.7. The molecule has 0 saturated carbocycles. The van der Waals surface area contributed by atoms with Crippen molar-refractivity contribution in [2.24, 2.45) is 0 Å². The van der Waals surface area contributed by atoms with Crippen molar-refractivity contribution in [2.45, 2.75) is 6.42 Å².